The third kappa shape index (κ3) is 6.58. The van der Waals surface area contributed by atoms with Gasteiger partial charge < -0.3 is 14.5 Å². The number of nitrogens with one attached hydrogen (secondary N) is 1. The van der Waals surface area contributed by atoms with Crippen LogP contribution in [0.4, 0.5) is 0 Å². The van der Waals surface area contributed by atoms with E-state index >= 15 is 0 Å². The molecule has 41 heavy (non-hydrogen) atoms. The predicted octanol–water partition coefficient (Wildman–Crippen LogP) is 7.21. The fourth-order valence-corrected chi connectivity index (χ4v) is 12.3. The van der Waals surface area contributed by atoms with Crippen molar-refractivity contribution < 1.29 is 23.5 Å². The number of hydrogen-bond donors (Lipinski definition) is 1. The van der Waals surface area contributed by atoms with E-state index in [2.05, 4.69) is 26.1 Å². The van der Waals surface area contributed by atoms with E-state index in [9.17, 15) is 14.4 Å². The lowest BCUT2D eigenvalue weighted by molar-refractivity contribution is -0.162. The summed E-state index contributed by atoms with van der Waals surface area (Å²) in [6.07, 6.45) is 10.7. The maximum Gasteiger partial charge on any atom is 0.267 e. The molecule has 0 unspecified atom stereocenters. The highest BCUT2D eigenvalue weighted by Crippen LogP contribution is 2.44. The van der Waals surface area contributed by atoms with Crippen LogP contribution in [-0.2, 0) is 14.0 Å². The predicted molar refractivity (Wildman–Crippen MR) is 164 cm³/mol. The molecule has 0 bridgehead atoms. The van der Waals surface area contributed by atoms with Gasteiger partial charge in [0.2, 0.25) is 11.8 Å². The molecule has 2 fully saturated rings. The van der Waals surface area contributed by atoms with Gasteiger partial charge >= 0.3 is 0 Å². The third-order valence-electron chi connectivity index (χ3n) is 9.71. The summed E-state index contributed by atoms with van der Waals surface area (Å²) in [5.41, 5.74) is -0.531. The number of rotatable bonds is 14. The van der Waals surface area contributed by atoms with Crippen molar-refractivity contribution in [1.29, 1.82) is 0 Å². The van der Waals surface area contributed by atoms with E-state index in [1.165, 1.54) is 4.90 Å². The van der Waals surface area contributed by atoms with Crippen LogP contribution in [-0.4, -0.2) is 48.8 Å². The topological polar surface area (TPSA) is 84.9 Å². The van der Waals surface area contributed by atoms with Crippen LogP contribution in [0, 0.1) is 11.8 Å². The van der Waals surface area contributed by atoms with Gasteiger partial charge in [-0.15, -0.1) is 0 Å². The summed E-state index contributed by atoms with van der Waals surface area (Å²) < 4.78 is 13.6. The SMILES string of the molecule is CCCC[Si](CCCC)(CCCC)O[C@H](C)[C@H]1C(=O)N[C@H]1[C@@H](C)C(=O)N1C(=O)c2ccccc2OC12CCCCC2. The summed E-state index contributed by atoms with van der Waals surface area (Å²) in [6.45, 7) is 10.6. The summed E-state index contributed by atoms with van der Waals surface area (Å²) in [7, 11) is -2.05. The summed E-state index contributed by atoms with van der Waals surface area (Å²) in [6, 6.07) is 10.2. The second-order valence-electron chi connectivity index (χ2n) is 12.7. The van der Waals surface area contributed by atoms with E-state index in [0.29, 0.717) is 24.2 Å². The lowest BCUT2D eigenvalue weighted by atomic mass is 9.77. The highest BCUT2D eigenvalue weighted by Gasteiger charge is 2.55. The van der Waals surface area contributed by atoms with E-state index in [0.717, 1.165) is 75.9 Å². The van der Waals surface area contributed by atoms with Gasteiger partial charge in [0.1, 0.15) is 5.75 Å². The molecule has 2 aliphatic heterocycles. The second kappa shape index (κ2) is 13.9. The van der Waals surface area contributed by atoms with Gasteiger partial charge in [0, 0.05) is 12.8 Å². The van der Waals surface area contributed by atoms with Crippen molar-refractivity contribution in [3.8, 4) is 5.75 Å². The molecule has 4 atom stereocenters. The molecular weight excluding hydrogens is 532 g/mol. The molecular formula is C33H52N2O5Si. The van der Waals surface area contributed by atoms with E-state index in [1.54, 1.807) is 12.1 Å². The minimum atomic E-state index is -2.05. The number of fused-ring (bicyclic) bond motifs is 1. The number of para-hydroxylation sites is 1. The lowest BCUT2D eigenvalue weighted by Gasteiger charge is -2.50. The molecule has 1 saturated heterocycles. The van der Waals surface area contributed by atoms with Crippen molar-refractivity contribution in [2.75, 3.05) is 0 Å². The van der Waals surface area contributed by atoms with Crippen molar-refractivity contribution in [3.05, 3.63) is 29.8 Å². The highest BCUT2D eigenvalue weighted by molar-refractivity contribution is 6.73. The Hall–Kier alpha value is -2.19. The molecule has 228 valence electrons. The number of carbonyl (C=O) groups is 3. The van der Waals surface area contributed by atoms with Gasteiger partial charge in [-0.3, -0.25) is 14.4 Å². The fraction of sp³-hybridized carbons (Fsp3) is 0.727. The number of imide groups is 1. The van der Waals surface area contributed by atoms with E-state index in [-0.39, 0.29) is 29.9 Å². The molecule has 2 heterocycles. The highest BCUT2D eigenvalue weighted by atomic mass is 28.4. The quantitative estimate of drug-likeness (QED) is 0.184. The first-order chi connectivity index (χ1) is 19.7. The zero-order valence-electron chi connectivity index (χ0n) is 26.0. The fourth-order valence-electron chi connectivity index (χ4n) is 7.25. The Morgan fingerprint density at radius 3 is 2.15 bits per heavy atom. The van der Waals surface area contributed by atoms with Gasteiger partial charge in [-0.25, -0.2) is 4.90 Å². The largest absolute Gasteiger partial charge is 0.467 e. The van der Waals surface area contributed by atoms with Gasteiger partial charge in [0.15, 0.2) is 14.0 Å². The lowest BCUT2D eigenvalue weighted by Crippen LogP contribution is -2.69. The Morgan fingerprint density at radius 1 is 1.00 bits per heavy atom. The zero-order chi connectivity index (χ0) is 29.6. The molecule has 1 aromatic carbocycles. The van der Waals surface area contributed by atoms with Crippen LogP contribution in [0.15, 0.2) is 24.3 Å². The first-order valence-corrected chi connectivity index (χ1v) is 18.9. The normalized spacial score (nSPS) is 23.3. The maximum absolute atomic E-state index is 14.3. The minimum Gasteiger partial charge on any atom is -0.467 e. The van der Waals surface area contributed by atoms with Crippen LogP contribution in [0.1, 0.15) is 116 Å². The average Bonchev–Trinajstić information content (AvgIpc) is 2.96. The Bertz CT molecular complexity index is 1050. The molecule has 1 N–H and O–H groups in total. The van der Waals surface area contributed by atoms with Crippen LogP contribution in [0.2, 0.25) is 18.1 Å². The van der Waals surface area contributed by atoms with E-state index in [1.807, 2.05) is 26.0 Å². The van der Waals surface area contributed by atoms with Crippen LogP contribution < -0.4 is 10.1 Å². The molecule has 1 aliphatic carbocycles. The van der Waals surface area contributed by atoms with Crippen molar-refractivity contribution in [3.63, 3.8) is 0 Å². The third-order valence-corrected chi connectivity index (χ3v) is 14.4. The zero-order valence-corrected chi connectivity index (χ0v) is 27.0. The Morgan fingerprint density at radius 2 is 1.59 bits per heavy atom. The maximum atomic E-state index is 14.3. The standard InChI is InChI=1S/C33H52N2O5Si/c1-6-9-21-41(22-10-7-2,23-11-8-3)40-25(5)28-29(34-30(28)36)24(4)31(37)35-32(38)26-17-13-14-18-27(26)39-33(35)19-15-12-16-20-33/h13-14,17-18,24-25,28-29H,6-12,15-16,19-23H2,1-5H3,(H,34,36)/t24-,25-,28-,29+/m1/s1. The number of nitrogens with zero attached hydrogens (tertiary/aromatic N) is 1. The molecule has 7 nitrogen and oxygen atoms in total. The van der Waals surface area contributed by atoms with Gasteiger partial charge in [-0.2, -0.15) is 0 Å². The van der Waals surface area contributed by atoms with Crippen LogP contribution >= 0.6 is 0 Å². The number of benzene rings is 1. The van der Waals surface area contributed by atoms with Crippen molar-refractivity contribution in [1.82, 2.24) is 10.2 Å². The Kier molecular flexibility index (Phi) is 10.7. The monoisotopic (exact) mass is 584 g/mol. The molecule has 8 heteroatoms. The van der Waals surface area contributed by atoms with Crippen LogP contribution in [0.25, 0.3) is 0 Å². The minimum absolute atomic E-state index is 0.0505. The van der Waals surface area contributed by atoms with Gasteiger partial charge in [-0.1, -0.05) is 84.8 Å². The van der Waals surface area contributed by atoms with Crippen molar-refractivity contribution in [2.24, 2.45) is 11.8 Å². The van der Waals surface area contributed by atoms with E-state index in [4.69, 9.17) is 9.16 Å². The first kappa shape index (κ1) is 31.7. The van der Waals surface area contributed by atoms with Crippen molar-refractivity contribution in [2.45, 2.75) is 141 Å². The van der Waals surface area contributed by atoms with Gasteiger partial charge in [-0.05, 0) is 50.0 Å². The molecule has 3 aliphatic rings. The van der Waals surface area contributed by atoms with Crippen LogP contribution in [0.5, 0.6) is 5.75 Å². The molecule has 3 amide bonds. The number of β-lactam (4-membered cyclic amide) rings is 1. The van der Waals surface area contributed by atoms with Gasteiger partial charge in [0.05, 0.1) is 29.5 Å². The second-order valence-corrected chi connectivity index (χ2v) is 16.9. The summed E-state index contributed by atoms with van der Waals surface area (Å²) in [5.74, 6) is -1.02. The van der Waals surface area contributed by atoms with Crippen molar-refractivity contribution >= 4 is 26.0 Å². The Labute approximate surface area is 248 Å². The smallest absolute Gasteiger partial charge is 0.267 e. The molecule has 4 rings (SSSR count). The number of hydrogen-bond acceptors (Lipinski definition) is 5. The first-order valence-electron chi connectivity index (χ1n) is 16.4. The Balaban J connectivity index is 1.56. The number of ether oxygens (including phenoxy) is 1. The molecule has 1 aromatic rings. The number of unbranched alkanes of at least 4 members (excludes halogenated alkanes) is 3. The molecule has 0 aromatic heterocycles. The number of carbonyl (C=O) groups excluding carboxylic acids is 3. The summed E-state index contributed by atoms with van der Waals surface area (Å²) >= 11 is 0. The van der Waals surface area contributed by atoms with Crippen LogP contribution in [0.3, 0.4) is 0 Å². The number of amides is 3. The molecule has 0 radical (unpaired) electrons. The average molecular weight is 585 g/mol. The summed E-state index contributed by atoms with van der Waals surface area (Å²) in [4.78, 5) is 42.6. The molecule has 1 saturated carbocycles. The summed E-state index contributed by atoms with van der Waals surface area (Å²) in [5, 5.41) is 3.03. The molecule has 1 spiro atoms. The van der Waals surface area contributed by atoms with E-state index < -0.39 is 25.9 Å². The van der Waals surface area contributed by atoms with Gasteiger partial charge in [0.25, 0.3) is 5.91 Å².